The predicted molar refractivity (Wildman–Crippen MR) is 65.2 cm³/mol. The lowest BCUT2D eigenvalue weighted by atomic mass is 10.2. The van der Waals surface area contributed by atoms with Gasteiger partial charge >= 0.3 is 5.97 Å². The van der Waals surface area contributed by atoms with Crippen molar-refractivity contribution in [2.75, 3.05) is 0 Å². The normalized spacial score (nSPS) is 16.3. The standard InChI is InChI=1S/C13H14N2O4/c16-11-5-1-2-6-12(17)15(11)8-10-9(13(18)19)4-3-7-14-10/h3-4,7H,1-2,5-6,8H2,(H,18,19). The van der Waals surface area contributed by atoms with Gasteiger partial charge in [-0.3, -0.25) is 19.5 Å². The molecule has 0 radical (unpaired) electrons. The summed E-state index contributed by atoms with van der Waals surface area (Å²) in [5, 5.41) is 9.05. The first-order valence-electron chi connectivity index (χ1n) is 6.10. The lowest BCUT2D eigenvalue weighted by Crippen LogP contribution is -2.35. The summed E-state index contributed by atoms with van der Waals surface area (Å²) in [4.78, 5) is 39.8. The van der Waals surface area contributed by atoms with Crippen LogP contribution in [0.15, 0.2) is 18.3 Å². The predicted octanol–water partition coefficient (Wildman–Crippen LogP) is 1.21. The zero-order valence-electron chi connectivity index (χ0n) is 10.3. The first kappa shape index (κ1) is 13.2. The van der Waals surface area contributed by atoms with Crippen molar-refractivity contribution in [2.24, 2.45) is 0 Å². The van der Waals surface area contributed by atoms with Crippen molar-refractivity contribution in [3.63, 3.8) is 0 Å². The van der Waals surface area contributed by atoms with E-state index in [9.17, 15) is 14.4 Å². The number of carbonyl (C=O) groups is 3. The number of carboxylic acids is 1. The monoisotopic (exact) mass is 262 g/mol. The maximum Gasteiger partial charge on any atom is 0.337 e. The average Bonchev–Trinajstić information content (AvgIpc) is 2.54. The molecule has 6 nitrogen and oxygen atoms in total. The largest absolute Gasteiger partial charge is 0.478 e. The third-order valence-electron chi connectivity index (χ3n) is 3.06. The Kier molecular flexibility index (Phi) is 3.89. The van der Waals surface area contributed by atoms with Gasteiger partial charge in [-0.1, -0.05) is 0 Å². The Morgan fingerprint density at radius 2 is 1.89 bits per heavy atom. The fourth-order valence-electron chi connectivity index (χ4n) is 2.05. The van der Waals surface area contributed by atoms with E-state index in [2.05, 4.69) is 4.98 Å². The van der Waals surface area contributed by atoms with Crippen LogP contribution in [0.25, 0.3) is 0 Å². The highest BCUT2D eigenvalue weighted by Gasteiger charge is 2.26. The molecule has 1 saturated heterocycles. The maximum atomic E-state index is 11.8. The molecule has 1 aliphatic heterocycles. The quantitative estimate of drug-likeness (QED) is 0.827. The molecular weight excluding hydrogens is 248 g/mol. The Hall–Kier alpha value is -2.24. The smallest absolute Gasteiger partial charge is 0.337 e. The van der Waals surface area contributed by atoms with Gasteiger partial charge in [-0.25, -0.2) is 4.79 Å². The van der Waals surface area contributed by atoms with Crippen molar-refractivity contribution in [3.8, 4) is 0 Å². The van der Waals surface area contributed by atoms with E-state index in [4.69, 9.17) is 5.11 Å². The van der Waals surface area contributed by atoms with Gasteiger partial charge in [-0.15, -0.1) is 0 Å². The molecule has 0 unspecified atom stereocenters. The molecule has 100 valence electrons. The molecule has 1 fully saturated rings. The number of aromatic carboxylic acids is 1. The zero-order valence-corrected chi connectivity index (χ0v) is 10.3. The van der Waals surface area contributed by atoms with E-state index in [1.165, 1.54) is 18.3 Å². The molecule has 1 N–H and O–H groups in total. The van der Waals surface area contributed by atoms with E-state index in [0.29, 0.717) is 25.7 Å². The molecule has 19 heavy (non-hydrogen) atoms. The Labute approximate surface area is 110 Å². The van der Waals surface area contributed by atoms with Crippen molar-refractivity contribution < 1.29 is 19.5 Å². The van der Waals surface area contributed by atoms with Gasteiger partial charge in [0.25, 0.3) is 0 Å². The average molecular weight is 262 g/mol. The number of amides is 2. The van der Waals surface area contributed by atoms with Crippen LogP contribution in [-0.4, -0.2) is 32.8 Å². The minimum absolute atomic E-state index is 0.0207. The van der Waals surface area contributed by atoms with Crippen LogP contribution in [0, 0.1) is 0 Å². The molecule has 0 saturated carbocycles. The first-order valence-corrected chi connectivity index (χ1v) is 6.10. The van der Waals surface area contributed by atoms with Gasteiger partial charge in [0.1, 0.15) is 0 Å². The third kappa shape index (κ3) is 2.96. The van der Waals surface area contributed by atoms with Crippen LogP contribution in [0.4, 0.5) is 0 Å². The van der Waals surface area contributed by atoms with Crippen molar-refractivity contribution in [1.82, 2.24) is 9.88 Å². The highest BCUT2D eigenvalue weighted by molar-refractivity contribution is 5.96. The second-order valence-corrected chi connectivity index (χ2v) is 4.38. The summed E-state index contributed by atoms with van der Waals surface area (Å²) in [5.41, 5.74) is 0.256. The molecule has 0 aliphatic carbocycles. The van der Waals surface area contributed by atoms with E-state index in [-0.39, 0.29) is 29.6 Å². The number of nitrogens with zero attached hydrogens (tertiary/aromatic N) is 2. The molecule has 0 bridgehead atoms. The van der Waals surface area contributed by atoms with Gasteiger partial charge < -0.3 is 5.11 Å². The van der Waals surface area contributed by atoms with Gasteiger partial charge in [0, 0.05) is 19.0 Å². The fraction of sp³-hybridized carbons (Fsp3) is 0.385. The van der Waals surface area contributed by atoms with Crippen LogP contribution in [0.3, 0.4) is 0 Å². The summed E-state index contributed by atoms with van der Waals surface area (Å²) in [6.07, 6.45) is 3.47. The zero-order chi connectivity index (χ0) is 13.8. The van der Waals surface area contributed by atoms with Crippen molar-refractivity contribution in [1.29, 1.82) is 0 Å². The van der Waals surface area contributed by atoms with E-state index < -0.39 is 5.97 Å². The third-order valence-corrected chi connectivity index (χ3v) is 3.06. The lowest BCUT2D eigenvalue weighted by Gasteiger charge is -2.18. The summed E-state index contributed by atoms with van der Waals surface area (Å²) in [6, 6.07) is 2.93. The highest BCUT2D eigenvalue weighted by Crippen LogP contribution is 2.16. The van der Waals surface area contributed by atoms with E-state index >= 15 is 0 Å². The first-order chi connectivity index (χ1) is 9.09. The molecular formula is C13H14N2O4. The minimum Gasteiger partial charge on any atom is -0.478 e. The second-order valence-electron chi connectivity index (χ2n) is 4.38. The van der Waals surface area contributed by atoms with E-state index in [1.54, 1.807) is 0 Å². The van der Waals surface area contributed by atoms with Gasteiger partial charge in [0.2, 0.25) is 11.8 Å². The van der Waals surface area contributed by atoms with Gasteiger partial charge in [0.15, 0.2) is 0 Å². The number of likely N-dealkylation sites (tertiary alicyclic amines) is 1. The molecule has 0 atom stereocenters. The number of pyridine rings is 1. The summed E-state index contributed by atoms with van der Waals surface area (Å²) in [5.74, 6) is -1.63. The van der Waals surface area contributed by atoms with Gasteiger partial charge in [-0.05, 0) is 25.0 Å². The number of carbonyl (C=O) groups excluding carboxylic acids is 2. The van der Waals surface area contributed by atoms with Crippen LogP contribution >= 0.6 is 0 Å². The second kappa shape index (κ2) is 5.60. The van der Waals surface area contributed by atoms with Crippen LogP contribution < -0.4 is 0 Å². The molecule has 0 spiro atoms. The molecule has 2 rings (SSSR count). The number of rotatable bonds is 3. The van der Waals surface area contributed by atoms with Gasteiger partial charge in [-0.2, -0.15) is 0 Å². The molecule has 6 heteroatoms. The van der Waals surface area contributed by atoms with Crippen LogP contribution in [0.5, 0.6) is 0 Å². The fourth-order valence-corrected chi connectivity index (χ4v) is 2.05. The molecule has 1 aromatic rings. The Balaban J connectivity index is 2.26. The summed E-state index contributed by atoms with van der Waals surface area (Å²) in [7, 11) is 0. The SMILES string of the molecule is O=C(O)c1cccnc1CN1C(=O)CCCCC1=O. The summed E-state index contributed by atoms with van der Waals surface area (Å²) in [6.45, 7) is -0.0693. The van der Waals surface area contributed by atoms with Crippen LogP contribution in [-0.2, 0) is 16.1 Å². The molecule has 1 aliphatic rings. The lowest BCUT2D eigenvalue weighted by molar-refractivity contribution is -0.144. The Morgan fingerprint density at radius 3 is 2.47 bits per heavy atom. The number of hydrogen-bond donors (Lipinski definition) is 1. The number of carboxylic acid groups (broad SMARTS) is 1. The Bertz CT molecular complexity index is 509. The number of hydrogen-bond acceptors (Lipinski definition) is 4. The molecule has 0 aromatic carbocycles. The summed E-state index contributed by atoms with van der Waals surface area (Å²) < 4.78 is 0. The van der Waals surface area contributed by atoms with Crippen LogP contribution in [0.1, 0.15) is 41.7 Å². The molecule has 1 aromatic heterocycles. The van der Waals surface area contributed by atoms with Crippen molar-refractivity contribution in [3.05, 3.63) is 29.6 Å². The van der Waals surface area contributed by atoms with E-state index in [1.807, 2.05) is 0 Å². The molecule has 2 heterocycles. The van der Waals surface area contributed by atoms with Gasteiger partial charge in [0.05, 0.1) is 17.8 Å². The topological polar surface area (TPSA) is 87.6 Å². The highest BCUT2D eigenvalue weighted by atomic mass is 16.4. The van der Waals surface area contributed by atoms with Crippen molar-refractivity contribution >= 4 is 17.8 Å². The summed E-state index contributed by atoms with van der Waals surface area (Å²) >= 11 is 0. The van der Waals surface area contributed by atoms with Crippen molar-refractivity contribution in [2.45, 2.75) is 32.2 Å². The molecule has 2 amide bonds. The number of imide groups is 1. The Morgan fingerprint density at radius 1 is 1.26 bits per heavy atom. The van der Waals surface area contributed by atoms with Crippen LogP contribution in [0.2, 0.25) is 0 Å². The maximum absolute atomic E-state index is 11.8. The minimum atomic E-state index is -1.11. The van der Waals surface area contributed by atoms with E-state index in [0.717, 1.165) is 4.90 Å². The number of aromatic nitrogens is 1.